The number of benzene rings is 3. The van der Waals surface area contributed by atoms with Crippen molar-refractivity contribution in [3.63, 3.8) is 0 Å². The highest BCUT2D eigenvalue weighted by Crippen LogP contribution is 2.14. The maximum atomic E-state index is 14.0. The molecule has 30 heavy (non-hydrogen) atoms. The molecule has 7 heteroatoms. The van der Waals surface area contributed by atoms with Crippen molar-refractivity contribution in [1.82, 2.24) is 10.6 Å². The molecule has 0 radical (unpaired) electrons. The average molecular weight is 468 g/mol. The number of nitrogens with one attached hydrogen (secondary N) is 2. The van der Waals surface area contributed by atoms with Gasteiger partial charge >= 0.3 is 0 Å². The molecule has 0 fully saturated rings. The van der Waals surface area contributed by atoms with Crippen LogP contribution in [0, 0.1) is 5.82 Å². The zero-order valence-electron chi connectivity index (χ0n) is 15.9. The number of halogens is 2. The molecule has 0 aliphatic rings. The molecule has 0 saturated carbocycles. The number of nitrogens with two attached hydrogens (primary N) is 1. The third-order valence-electron chi connectivity index (χ3n) is 4.29. The highest BCUT2D eigenvalue weighted by atomic mass is 79.9. The molecule has 0 bridgehead atoms. The number of nitrogen functional groups attached to an aromatic ring is 1. The first-order valence-corrected chi connectivity index (χ1v) is 9.88. The molecule has 0 aliphatic heterocycles. The van der Waals surface area contributed by atoms with Crippen LogP contribution >= 0.6 is 15.9 Å². The van der Waals surface area contributed by atoms with Crippen LogP contribution in [-0.2, 0) is 11.3 Å². The summed E-state index contributed by atoms with van der Waals surface area (Å²) >= 11 is 3.35. The Hall–Kier alpha value is -3.45. The predicted octanol–water partition coefficient (Wildman–Crippen LogP) is 4.26. The van der Waals surface area contributed by atoms with E-state index in [0.717, 1.165) is 10.0 Å². The lowest BCUT2D eigenvalue weighted by molar-refractivity contribution is -0.117. The highest BCUT2D eigenvalue weighted by Gasteiger charge is 2.17. The summed E-state index contributed by atoms with van der Waals surface area (Å²) in [5, 5.41) is 5.25. The summed E-state index contributed by atoms with van der Waals surface area (Å²) in [6, 6.07) is 19.9. The summed E-state index contributed by atoms with van der Waals surface area (Å²) in [5.74, 6) is -1.91. The fraction of sp³-hybridized carbons (Fsp3) is 0.0435. The van der Waals surface area contributed by atoms with Gasteiger partial charge in [-0.05, 0) is 47.5 Å². The van der Waals surface area contributed by atoms with Crippen LogP contribution in [0.25, 0.3) is 6.08 Å². The molecule has 0 aromatic heterocycles. The van der Waals surface area contributed by atoms with Gasteiger partial charge in [0.1, 0.15) is 11.5 Å². The minimum Gasteiger partial charge on any atom is -0.398 e. The SMILES string of the molecule is Nc1ccccc1CNC(=O)C(=Cc1ccc(Br)cc1)NC(=O)c1ccccc1F. The molecule has 4 N–H and O–H groups in total. The van der Waals surface area contributed by atoms with Gasteiger partial charge in [-0.2, -0.15) is 0 Å². The normalized spacial score (nSPS) is 11.1. The summed E-state index contributed by atoms with van der Waals surface area (Å²) < 4.78 is 14.9. The molecule has 0 heterocycles. The minimum atomic E-state index is -0.717. The molecule has 0 unspecified atom stereocenters. The molecular weight excluding hydrogens is 449 g/mol. The second-order valence-corrected chi connectivity index (χ2v) is 7.34. The zero-order chi connectivity index (χ0) is 21.5. The fourth-order valence-electron chi connectivity index (χ4n) is 2.68. The molecule has 3 aromatic carbocycles. The number of para-hydroxylation sites is 1. The monoisotopic (exact) mass is 467 g/mol. The van der Waals surface area contributed by atoms with Crippen molar-refractivity contribution in [2.75, 3.05) is 5.73 Å². The molecule has 0 aliphatic carbocycles. The topological polar surface area (TPSA) is 84.2 Å². The Morgan fingerprint density at radius 3 is 2.33 bits per heavy atom. The van der Waals surface area contributed by atoms with Gasteiger partial charge in [0.05, 0.1) is 5.56 Å². The van der Waals surface area contributed by atoms with Gasteiger partial charge in [0.2, 0.25) is 0 Å². The van der Waals surface area contributed by atoms with E-state index in [4.69, 9.17) is 5.73 Å². The van der Waals surface area contributed by atoms with Crippen LogP contribution in [0.4, 0.5) is 10.1 Å². The van der Waals surface area contributed by atoms with E-state index < -0.39 is 17.6 Å². The molecular formula is C23H19BrFN3O2. The molecule has 3 aromatic rings. The maximum Gasteiger partial charge on any atom is 0.268 e. The van der Waals surface area contributed by atoms with E-state index >= 15 is 0 Å². The Labute approximate surface area is 181 Å². The van der Waals surface area contributed by atoms with Gasteiger partial charge in [-0.3, -0.25) is 9.59 Å². The number of hydrogen-bond acceptors (Lipinski definition) is 3. The second kappa shape index (κ2) is 9.84. The van der Waals surface area contributed by atoms with Crippen LogP contribution in [-0.4, -0.2) is 11.8 Å². The van der Waals surface area contributed by atoms with E-state index in [9.17, 15) is 14.0 Å². The van der Waals surface area contributed by atoms with Gasteiger partial charge in [0.15, 0.2) is 0 Å². The predicted molar refractivity (Wildman–Crippen MR) is 119 cm³/mol. The molecule has 152 valence electrons. The van der Waals surface area contributed by atoms with Gasteiger partial charge < -0.3 is 16.4 Å². The Bertz CT molecular complexity index is 1100. The highest BCUT2D eigenvalue weighted by molar-refractivity contribution is 9.10. The first-order chi connectivity index (χ1) is 14.4. The van der Waals surface area contributed by atoms with Crippen molar-refractivity contribution in [1.29, 1.82) is 0 Å². The van der Waals surface area contributed by atoms with Gasteiger partial charge in [0, 0.05) is 16.7 Å². The van der Waals surface area contributed by atoms with E-state index in [2.05, 4.69) is 26.6 Å². The molecule has 0 saturated heterocycles. The van der Waals surface area contributed by atoms with Crippen molar-refractivity contribution in [3.8, 4) is 0 Å². The van der Waals surface area contributed by atoms with Crippen LogP contribution < -0.4 is 16.4 Å². The first kappa shape index (κ1) is 21.3. The zero-order valence-corrected chi connectivity index (χ0v) is 17.4. The summed E-state index contributed by atoms with van der Waals surface area (Å²) in [6.07, 6.45) is 1.52. The summed E-state index contributed by atoms with van der Waals surface area (Å²) in [4.78, 5) is 25.4. The van der Waals surface area contributed by atoms with E-state index in [1.807, 2.05) is 18.2 Å². The molecule has 0 atom stereocenters. The first-order valence-electron chi connectivity index (χ1n) is 9.09. The molecule has 0 spiro atoms. The molecule has 3 rings (SSSR count). The second-order valence-electron chi connectivity index (χ2n) is 6.43. The Kier molecular flexibility index (Phi) is 6.98. The number of carbonyl (C=O) groups excluding carboxylic acids is 2. The van der Waals surface area contributed by atoms with Crippen LogP contribution in [0.15, 0.2) is 83.0 Å². The Morgan fingerprint density at radius 1 is 0.967 bits per heavy atom. The van der Waals surface area contributed by atoms with E-state index in [1.54, 1.807) is 36.4 Å². The summed E-state index contributed by atoms with van der Waals surface area (Å²) in [6.45, 7) is 0.179. The van der Waals surface area contributed by atoms with Crippen LogP contribution in [0.3, 0.4) is 0 Å². The van der Waals surface area contributed by atoms with Gasteiger partial charge in [0.25, 0.3) is 11.8 Å². The Morgan fingerprint density at radius 2 is 1.63 bits per heavy atom. The number of rotatable bonds is 6. The maximum absolute atomic E-state index is 14.0. The van der Waals surface area contributed by atoms with Crippen molar-refractivity contribution in [2.24, 2.45) is 0 Å². The van der Waals surface area contributed by atoms with Crippen molar-refractivity contribution >= 4 is 39.5 Å². The van der Waals surface area contributed by atoms with Crippen LogP contribution in [0.5, 0.6) is 0 Å². The van der Waals surface area contributed by atoms with Gasteiger partial charge in [-0.1, -0.05) is 58.4 Å². The smallest absolute Gasteiger partial charge is 0.268 e. The Balaban J connectivity index is 1.84. The minimum absolute atomic E-state index is 0.0138. The van der Waals surface area contributed by atoms with Crippen molar-refractivity contribution in [2.45, 2.75) is 6.54 Å². The largest absolute Gasteiger partial charge is 0.398 e. The van der Waals surface area contributed by atoms with Crippen molar-refractivity contribution < 1.29 is 14.0 Å². The quantitative estimate of drug-likeness (QED) is 0.374. The lowest BCUT2D eigenvalue weighted by atomic mass is 10.1. The van der Waals surface area contributed by atoms with Gasteiger partial charge in [-0.25, -0.2) is 4.39 Å². The third kappa shape index (κ3) is 5.55. The van der Waals surface area contributed by atoms with Crippen molar-refractivity contribution in [3.05, 3.63) is 105 Å². The van der Waals surface area contributed by atoms with E-state index in [1.165, 1.54) is 24.3 Å². The summed E-state index contributed by atoms with van der Waals surface area (Å²) in [7, 11) is 0. The molecule has 2 amide bonds. The molecule has 5 nitrogen and oxygen atoms in total. The number of carbonyl (C=O) groups is 2. The average Bonchev–Trinajstić information content (AvgIpc) is 2.74. The van der Waals surface area contributed by atoms with E-state index in [-0.39, 0.29) is 17.8 Å². The summed E-state index contributed by atoms with van der Waals surface area (Å²) in [5.41, 5.74) is 7.73. The van der Waals surface area contributed by atoms with E-state index in [0.29, 0.717) is 11.3 Å². The van der Waals surface area contributed by atoms with Gasteiger partial charge in [-0.15, -0.1) is 0 Å². The lowest BCUT2D eigenvalue weighted by Crippen LogP contribution is -2.35. The number of anilines is 1. The number of amides is 2. The number of hydrogen-bond donors (Lipinski definition) is 3. The fourth-order valence-corrected chi connectivity index (χ4v) is 2.95. The lowest BCUT2D eigenvalue weighted by Gasteiger charge is -2.12. The van der Waals surface area contributed by atoms with Crippen LogP contribution in [0.2, 0.25) is 0 Å². The van der Waals surface area contributed by atoms with Crippen LogP contribution in [0.1, 0.15) is 21.5 Å². The standard InChI is InChI=1S/C23H19BrFN3O2/c24-17-11-9-15(10-12-17)13-21(28-22(29)18-6-2-3-7-19(18)25)23(30)27-14-16-5-1-4-8-20(16)26/h1-13H,14,26H2,(H,27,30)(H,28,29). The third-order valence-corrected chi connectivity index (χ3v) is 4.82.